The molecule has 0 saturated heterocycles. The maximum Gasteiger partial charge on any atom is 0.335 e. The van der Waals surface area contributed by atoms with Gasteiger partial charge in [-0.05, 0) is 47.7 Å². The molecule has 1 amide bonds. The number of fused-ring (bicyclic) bond motifs is 1. The molecule has 2 bridgehead atoms. The van der Waals surface area contributed by atoms with Gasteiger partial charge in [0.2, 0.25) is 5.91 Å². The van der Waals surface area contributed by atoms with E-state index in [0.29, 0.717) is 10.8 Å². The van der Waals surface area contributed by atoms with Gasteiger partial charge in [0, 0.05) is 22.8 Å². The molecule has 3 aliphatic rings. The fourth-order valence-electron chi connectivity index (χ4n) is 5.68. The number of aromatic nitrogens is 1. The van der Waals surface area contributed by atoms with E-state index in [9.17, 15) is 9.59 Å². The Morgan fingerprint density at radius 3 is 2.12 bits per heavy atom. The van der Waals surface area contributed by atoms with Crippen molar-refractivity contribution >= 4 is 28.3 Å². The van der Waals surface area contributed by atoms with E-state index < -0.39 is 11.4 Å². The smallest absolute Gasteiger partial charge is 0.335 e. The second-order valence-electron chi connectivity index (χ2n) is 9.24. The summed E-state index contributed by atoms with van der Waals surface area (Å²) in [4.78, 5) is 29.5. The standard InChI is InChI=1S/C28H22N2O3S/c1-28(14-22-18-6-2-4-8-20(18)24(28)21-9-5-3-7-19(21)22)26(33)30-27-29-23(15-34-27)16-10-12-17(13-11-16)25(31)32/h2-13,15,22,24H,14H2,1H3,(H,31,32)(H,29,30,33). The Morgan fingerprint density at radius 2 is 1.53 bits per heavy atom. The molecule has 6 heteroatoms. The Labute approximate surface area is 201 Å². The summed E-state index contributed by atoms with van der Waals surface area (Å²) in [7, 11) is 0. The lowest BCUT2D eigenvalue weighted by molar-refractivity contribution is -0.126. The molecule has 168 valence electrons. The molecular weight excluding hydrogens is 444 g/mol. The van der Waals surface area contributed by atoms with Crippen molar-refractivity contribution in [2.45, 2.75) is 25.2 Å². The third kappa shape index (κ3) is 3.10. The maximum absolute atomic E-state index is 13.8. The van der Waals surface area contributed by atoms with Crippen LogP contribution >= 0.6 is 11.3 Å². The summed E-state index contributed by atoms with van der Waals surface area (Å²) in [5.41, 5.74) is 6.31. The molecule has 34 heavy (non-hydrogen) atoms. The highest BCUT2D eigenvalue weighted by atomic mass is 32.1. The minimum Gasteiger partial charge on any atom is -0.478 e. The van der Waals surface area contributed by atoms with Crippen molar-refractivity contribution in [3.05, 3.63) is 106 Å². The molecule has 1 heterocycles. The number of aromatic carboxylic acids is 1. The molecular formula is C28H22N2O3S. The fraction of sp³-hybridized carbons (Fsp3) is 0.179. The van der Waals surface area contributed by atoms with Crippen LogP contribution in [0.3, 0.4) is 0 Å². The molecule has 0 fully saturated rings. The quantitative estimate of drug-likeness (QED) is 0.379. The molecule has 1 unspecified atom stereocenters. The van der Waals surface area contributed by atoms with Crippen molar-refractivity contribution in [3.63, 3.8) is 0 Å². The van der Waals surface area contributed by atoms with E-state index in [0.717, 1.165) is 12.0 Å². The minimum atomic E-state index is -0.962. The molecule has 0 spiro atoms. The first-order chi connectivity index (χ1) is 16.5. The monoisotopic (exact) mass is 466 g/mol. The molecule has 4 aromatic rings. The van der Waals surface area contributed by atoms with Crippen LogP contribution in [0.25, 0.3) is 11.3 Å². The van der Waals surface area contributed by atoms with E-state index in [4.69, 9.17) is 5.11 Å². The highest BCUT2D eigenvalue weighted by Crippen LogP contribution is 2.61. The number of anilines is 1. The topological polar surface area (TPSA) is 79.3 Å². The van der Waals surface area contributed by atoms with Crippen LogP contribution in [0.15, 0.2) is 78.2 Å². The number of carbonyl (C=O) groups excluding carboxylic acids is 1. The average Bonchev–Trinajstić information content (AvgIpc) is 3.32. The number of benzene rings is 3. The second kappa shape index (κ2) is 7.64. The van der Waals surface area contributed by atoms with Crippen LogP contribution < -0.4 is 5.32 Å². The van der Waals surface area contributed by atoms with Crippen LogP contribution in [0.2, 0.25) is 0 Å². The molecule has 0 radical (unpaired) electrons. The summed E-state index contributed by atoms with van der Waals surface area (Å²) in [6, 6.07) is 23.6. The summed E-state index contributed by atoms with van der Waals surface area (Å²) >= 11 is 1.38. The fourth-order valence-corrected chi connectivity index (χ4v) is 6.39. The number of nitrogens with zero attached hydrogens (tertiary/aromatic N) is 1. The molecule has 3 aliphatic carbocycles. The highest BCUT2D eigenvalue weighted by Gasteiger charge is 2.53. The van der Waals surface area contributed by atoms with E-state index in [2.05, 4.69) is 65.8 Å². The lowest BCUT2D eigenvalue weighted by Crippen LogP contribution is -2.47. The zero-order chi connectivity index (χ0) is 23.4. The molecule has 1 aromatic heterocycles. The van der Waals surface area contributed by atoms with Gasteiger partial charge in [0.05, 0.1) is 16.7 Å². The van der Waals surface area contributed by atoms with Crippen LogP contribution in [0, 0.1) is 5.41 Å². The number of amides is 1. The van der Waals surface area contributed by atoms with Crippen LogP contribution in [0.5, 0.6) is 0 Å². The number of carboxylic acid groups (broad SMARTS) is 1. The SMILES string of the molecule is CC1(C(=O)Nc2nc(-c3ccc(C(=O)O)cc3)cs2)CC2c3ccccc3C1c1ccccc12. The largest absolute Gasteiger partial charge is 0.478 e. The van der Waals surface area contributed by atoms with E-state index in [-0.39, 0.29) is 23.3 Å². The van der Waals surface area contributed by atoms with Gasteiger partial charge in [0.1, 0.15) is 0 Å². The van der Waals surface area contributed by atoms with E-state index >= 15 is 0 Å². The maximum atomic E-state index is 13.8. The number of nitrogens with one attached hydrogen (secondary N) is 1. The number of carbonyl (C=O) groups is 2. The predicted octanol–water partition coefficient (Wildman–Crippen LogP) is 6.13. The predicted molar refractivity (Wildman–Crippen MR) is 132 cm³/mol. The van der Waals surface area contributed by atoms with Gasteiger partial charge in [-0.3, -0.25) is 4.79 Å². The zero-order valence-electron chi connectivity index (χ0n) is 18.5. The van der Waals surface area contributed by atoms with Crippen LogP contribution in [-0.4, -0.2) is 22.0 Å². The number of hydrogen-bond acceptors (Lipinski definition) is 4. The van der Waals surface area contributed by atoms with Gasteiger partial charge in [-0.15, -0.1) is 11.3 Å². The van der Waals surface area contributed by atoms with Gasteiger partial charge in [-0.25, -0.2) is 9.78 Å². The van der Waals surface area contributed by atoms with Crippen molar-refractivity contribution in [2.24, 2.45) is 5.41 Å². The Bertz CT molecular complexity index is 1390. The zero-order valence-corrected chi connectivity index (χ0v) is 19.3. The highest BCUT2D eigenvalue weighted by molar-refractivity contribution is 7.14. The summed E-state index contributed by atoms with van der Waals surface area (Å²) in [5.74, 6) is -0.787. The van der Waals surface area contributed by atoms with Crippen LogP contribution in [0.1, 0.15) is 57.8 Å². The summed E-state index contributed by atoms with van der Waals surface area (Å²) < 4.78 is 0. The Hall–Kier alpha value is -3.77. The summed E-state index contributed by atoms with van der Waals surface area (Å²) in [6.45, 7) is 2.07. The molecule has 1 atom stereocenters. The first-order valence-corrected chi connectivity index (χ1v) is 12.1. The van der Waals surface area contributed by atoms with Crippen molar-refractivity contribution < 1.29 is 14.7 Å². The molecule has 5 nitrogen and oxygen atoms in total. The number of hydrogen-bond donors (Lipinski definition) is 2. The van der Waals surface area contributed by atoms with E-state index in [1.807, 2.05) is 5.38 Å². The van der Waals surface area contributed by atoms with Crippen LogP contribution in [0.4, 0.5) is 5.13 Å². The van der Waals surface area contributed by atoms with Crippen molar-refractivity contribution in [3.8, 4) is 11.3 Å². The second-order valence-corrected chi connectivity index (χ2v) is 10.1. The van der Waals surface area contributed by atoms with Crippen molar-refractivity contribution in [1.29, 1.82) is 0 Å². The molecule has 0 aliphatic heterocycles. The van der Waals surface area contributed by atoms with Crippen LogP contribution in [-0.2, 0) is 4.79 Å². The average molecular weight is 467 g/mol. The number of thiazole rings is 1. The Morgan fingerprint density at radius 1 is 0.941 bits per heavy atom. The minimum absolute atomic E-state index is 0.00658. The van der Waals surface area contributed by atoms with Gasteiger partial charge in [0.25, 0.3) is 0 Å². The normalized spacial score (nSPS) is 22.0. The van der Waals surface area contributed by atoms with Gasteiger partial charge >= 0.3 is 5.97 Å². The molecule has 2 N–H and O–H groups in total. The van der Waals surface area contributed by atoms with Gasteiger partial charge in [0.15, 0.2) is 5.13 Å². The van der Waals surface area contributed by atoms with Crippen molar-refractivity contribution in [1.82, 2.24) is 4.98 Å². The number of carboxylic acids is 1. The molecule has 7 rings (SSSR count). The van der Waals surface area contributed by atoms with E-state index in [1.165, 1.54) is 33.6 Å². The van der Waals surface area contributed by atoms with Gasteiger partial charge < -0.3 is 10.4 Å². The van der Waals surface area contributed by atoms with E-state index in [1.54, 1.807) is 24.3 Å². The lowest BCUT2D eigenvalue weighted by atomic mass is 9.52. The third-order valence-electron chi connectivity index (χ3n) is 7.30. The Balaban J connectivity index is 1.31. The van der Waals surface area contributed by atoms with Crippen molar-refractivity contribution in [2.75, 3.05) is 5.32 Å². The summed E-state index contributed by atoms with van der Waals surface area (Å²) in [5, 5.41) is 14.6. The number of rotatable bonds is 4. The summed E-state index contributed by atoms with van der Waals surface area (Å²) in [6.07, 6.45) is 0.756. The molecule has 3 aromatic carbocycles. The van der Waals surface area contributed by atoms with Gasteiger partial charge in [-0.1, -0.05) is 60.7 Å². The first-order valence-electron chi connectivity index (χ1n) is 11.2. The van der Waals surface area contributed by atoms with Gasteiger partial charge in [-0.2, -0.15) is 0 Å². The lowest BCUT2D eigenvalue weighted by Gasteiger charge is -2.50. The Kier molecular flexibility index (Phi) is 4.67. The first kappa shape index (κ1) is 20.8. The molecule has 0 saturated carbocycles. The third-order valence-corrected chi connectivity index (χ3v) is 8.06.